The van der Waals surface area contributed by atoms with Gasteiger partial charge in [-0.3, -0.25) is 5.41 Å². The van der Waals surface area contributed by atoms with E-state index in [1.54, 1.807) is 0 Å². The van der Waals surface area contributed by atoms with Crippen molar-refractivity contribution in [2.75, 3.05) is 0 Å². The van der Waals surface area contributed by atoms with Gasteiger partial charge in [0.1, 0.15) is 5.92 Å². The van der Waals surface area contributed by atoms with Crippen molar-refractivity contribution in [3.05, 3.63) is 46.0 Å². The molecule has 0 fully saturated rings. The quantitative estimate of drug-likeness (QED) is 0.818. The van der Waals surface area contributed by atoms with E-state index in [2.05, 4.69) is 12.1 Å². The fourth-order valence-electron chi connectivity index (χ4n) is 2.10. The lowest BCUT2D eigenvalue weighted by atomic mass is 9.81. The molecule has 1 aliphatic heterocycles. The number of rotatable bonds is 1. The van der Waals surface area contributed by atoms with Crippen LogP contribution in [0.5, 0.6) is 0 Å². The van der Waals surface area contributed by atoms with Crippen LogP contribution in [0.4, 0.5) is 0 Å². The second kappa shape index (κ2) is 5.17. The minimum atomic E-state index is -0.644. The zero-order valence-corrected chi connectivity index (χ0v) is 11.2. The number of hydrogen-bond acceptors (Lipinski definition) is 5. The zero-order chi connectivity index (χ0) is 14.0. The summed E-state index contributed by atoms with van der Waals surface area (Å²) < 4.78 is 0. The topological polar surface area (TPSA) is 97.4 Å². The maximum Gasteiger partial charge on any atom is 0.106 e. The normalized spacial score (nSPS) is 22.8. The van der Waals surface area contributed by atoms with Gasteiger partial charge in [-0.05, 0) is 12.5 Å². The summed E-state index contributed by atoms with van der Waals surface area (Å²) in [4.78, 5) is 0. The summed E-state index contributed by atoms with van der Waals surface area (Å²) in [7, 11) is 0. The summed E-state index contributed by atoms with van der Waals surface area (Å²) in [6.45, 7) is 1.97. The highest BCUT2D eigenvalue weighted by Crippen LogP contribution is 2.42. The van der Waals surface area contributed by atoms with Crippen molar-refractivity contribution in [1.29, 1.82) is 15.9 Å². The Morgan fingerprint density at radius 3 is 2.42 bits per heavy atom. The van der Waals surface area contributed by atoms with E-state index in [1.165, 1.54) is 0 Å². The number of benzene rings is 1. The molecule has 0 aliphatic carbocycles. The van der Waals surface area contributed by atoms with Crippen LogP contribution in [0.25, 0.3) is 0 Å². The number of nitrogens with one attached hydrogen (secondary N) is 1. The molecule has 0 saturated carbocycles. The first-order valence-electron chi connectivity index (χ1n) is 5.70. The van der Waals surface area contributed by atoms with Gasteiger partial charge in [0.2, 0.25) is 0 Å². The molecule has 2 atom stereocenters. The Morgan fingerprint density at radius 2 is 1.89 bits per heavy atom. The van der Waals surface area contributed by atoms with Crippen molar-refractivity contribution in [2.24, 2.45) is 11.7 Å². The van der Waals surface area contributed by atoms with E-state index < -0.39 is 11.8 Å². The third-order valence-corrected chi connectivity index (χ3v) is 4.02. The maximum atomic E-state index is 9.27. The fourth-order valence-corrected chi connectivity index (χ4v) is 2.93. The van der Waals surface area contributed by atoms with Gasteiger partial charge in [0, 0.05) is 5.92 Å². The van der Waals surface area contributed by atoms with Crippen LogP contribution in [0.1, 0.15) is 17.0 Å². The summed E-state index contributed by atoms with van der Waals surface area (Å²) in [5, 5.41) is 26.9. The number of nitrogens with zero attached hydrogens (tertiary/aromatic N) is 2. The number of allylic oxidation sites excluding steroid dienone is 1. The van der Waals surface area contributed by atoms with Crippen molar-refractivity contribution in [3.63, 3.8) is 0 Å². The molecule has 1 aromatic carbocycles. The fraction of sp³-hybridized carbons (Fsp3) is 0.214. The molecule has 5 heteroatoms. The molecule has 0 spiro atoms. The first-order chi connectivity index (χ1) is 9.08. The Kier molecular flexibility index (Phi) is 3.59. The van der Waals surface area contributed by atoms with E-state index in [-0.39, 0.29) is 5.04 Å². The molecule has 0 unspecified atom stereocenters. The standard InChI is InChI=1S/C14H12N4S/c1-8-2-4-9(5-3-8)12-10(6-15)13(17)19-14(18)11(12)7-16/h2-5,10,12,17H,18H2,1H3/t10-,12+/m0/s1. The summed E-state index contributed by atoms with van der Waals surface area (Å²) in [5.41, 5.74) is 8.16. The molecule has 0 bridgehead atoms. The highest BCUT2D eigenvalue weighted by molar-refractivity contribution is 8.17. The van der Waals surface area contributed by atoms with Gasteiger partial charge in [-0.15, -0.1) is 0 Å². The van der Waals surface area contributed by atoms with E-state index >= 15 is 0 Å². The van der Waals surface area contributed by atoms with Gasteiger partial charge in [-0.2, -0.15) is 10.5 Å². The van der Waals surface area contributed by atoms with Gasteiger partial charge in [0.05, 0.1) is 27.8 Å². The van der Waals surface area contributed by atoms with Crippen LogP contribution in [0.3, 0.4) is 0 Å². The molecule has 4 nitrogen and oxygen atoms in total. The number of aryl methyl sites for hydroxylation is 1. The maximum absolute atomic E-state index is 9.27. The van der Waals surface area contributed by atoms with Crippen LogP contribution in [0, 0.1) is 40.9 Å². The van der Waals surface area contributed by atoms with E-state index in [0.717, 1.165) is 22.9 Å². The van der Waals surface area contributed by atoms with Crippen molar-refractivity contribution in [1.82, 2.24) is 0 Å². The average Bonchev–Trinajstić information content (AvgIpc) is 2.39. The minimum absolute atomic E-state index is 0.199. The van der Waals surface area contributed by atoms with Gasteiger partial charge in [-0.25, -0.2) is 0 Å². The molecule has 0 radical (unpaired) electrons. The van der Waals surface area contributed by atoms with E-state index in [1.807, 2.05) is 31.2 Å². The number of thioether (sulfide) groups is 1. The first-order valence-corrected chi connectivity index (χ1v) is 6.52. The lowest BCUT2D eigenvalue weighted by molar-refractivity contribution is 0.729. The van der Waals surface area contributed by atoms with Crippen LogP contribution >= 0.6 is 11.8 Å². The molecule has 0 amide bonds. The Bertz CT molecular complexity index is 631. The highest BCUT2D eigenvalue weighted by Gasteiger charge is 2.36. The third-order valence-electron chi connectivity index (χ3n) is 3.11. The Labute approximate surface area is 116 Å². The predicted octanol–water partition coefficient (Wildman–Crippen LogP) is 2.64. The largest absolute Gasteiger partial charge is 0.392 e. The average molecular weight is 268 g/mol. The van der Waals surface area contributed by atoms with Gasteiger partial charge in [0.25, 0.3) is 0 Å². The van der Waals surface area contributed by atoms with Gasteiger partial charge in [0.15, 0.2) is 0 Å². The molecule has 94 valence electrons. The Morgan fingerprint density at radius 1 is 1.26 bits per heavy atom. The van der Waals surface area contributed by atoms with Crippen molar-refractivity contribution >= 4 is 16.8 Å². The highest BCUT2D eigenvalue weighted by atomic mass is 32.2. The summed E-state index contributed by atoms with van der Waals surface area (Å²) in [5.74, 6) is -1.08. The van der Waals surface area contributed by atoms with Gasteiger partial charge >= 0.3 is 0 Å². The second-order valence-corrected chi connectivity index (χ2v) is 5.43. The van der Waals surface area contributed by atoms with E-state index in [0.29, 0.717) is 10.6 Å². The molecule has 0 saturated heterocycles. The smallest absolute Gasteiger partial charge is 0.106 e. The summed E-state index contributed by atoms with van der Waals surface area (Å²) in [6, 6.07) is 11.8. The lowest BCUT2D eigenvalue weighted by Gasteiger charge is -2.27. The molecular formula is C14H12N4S. The summed E-state index contributed by atoms with van der Waals surface area (Å²) >= 11 is 1.00. The Hall–Kier alpha value is -2.24. The monoisotopic (exact) mass is 268 g/mol. The van der Waals surface area contributed by atoms with Crippen LogP contribution < -0.4 is 5.73 Å². The second-order valence-electron chi connectivity index (χ2n) is 4.35. The van der Waals surface area contributed by atoms with Crippen LogP contribution in [0.2, 0.25) is 0 Å². The van der Waals surface area contributed by atoms with Crippen LogP contribution in [0.15, 0.2) is 34.9 Å². The number of hydrogen-bond donors (Lipinski definition) is 2. The predicted molar refractivity (Wildman–Crippen MR) is 75.2 cm³/mol. The third kappa shape index (κ3) is 2.33. The number of nitriles is 2. The molecule has 19 heavy (non-hydrogen) atoms. The molecule has 2 rings (SSSR count). The van der Waals surface area contributed by atoms with Crippen molar-refractivity contribution < 1.29 is 0 Å². The minimum Gasteiger partial charge on any atom is -0.392 e. The van der Waals surface area contributed by atoms with Crippen molar-refractivity contribution in [2.45, 2.75) is 12.8 Å². The van der Waals surface area contributed by atoms with Crippen molar-refractivity contribution in [3.8, 4) is 12.1 Å². The molecule has 1 heterocycles. The molecule has 0 aromatic heterocycles. The summed E-state index contributed by atoms with van der Waals surface area (Å²) in [6.07, 6.45) is 0. The lowest BCUT2D eigenvalue weighted by Crippen LogP contribution is -2.26. The van der Waals surface area contributed by atoms with E-state index in [9.17, 15) is 10.5 Å². The van der Waals surface area contributed by atoms with Crippen LogP contribution in [-0.4, -0.2) is 5.04 Å². The Balaban J connectivity index is 2.58. The van der Waals surface area contributed by atoms with E-state index in [4.69, 9.17) is 11.1 Å². The van der Waals surface area contributed by atoms with Crippen LogP contribution in [-0.2, 0) is 0 Å². The number of nitrogens with two attached hydrogens (primary N) is 1. The molecule has 3 N–H and O–H groups in total. The van der Waals surface area contributed by atoms with Gasteiger partial charge < -0.3 is 5.73 Å². The van der Waals surface area contributed by atoms with Gasteiger partial charge in [-0.1, -0.05) is 41.6 Å². The zero-order valence-electron chi connectivity index (χ0n) is 10.3. The first kappa shape index (κ1) is 13.2. The SMILES string of the molecule is Cc1ccc([C@H]2C(C#N)=C(N)SC(=N)[C@H]2C#N)cc1. The molecule has 1 aliphatic rings. The molecule has 1 aromatic rings. The molecular weight excluding hydrogens is 256 g/mol.